The predicted octanol–water partition coefficient (Wildman–Crippen LogP) is 5.61. The number of aromatic nitrogens is 4. The number of nitriles is 1. The minimum Gasteiger partial charge on any atom is -0.457 e. The van der Waals surface area contributed by atoms with Crippen LogP contribution in [0.3, 0.4) is 0 Å². The maximum atomic E-state index is 13.3. The first-order chi connectivity index (χ1) is 18.7. The van der Waals surface area contributed by atoms with E-state index in [0.717, 1.165) is 24.2 Å². The average Bonchev–Trinajstić information content (AvgIpc) is 3.33. The van der Waals surface area contributed by atoms with Crippen LogP contribution in [0.1, 0.15) is 46.1 Å². The largest absolute Gasteiger partial charge is 0.457 e. The van der Waals surface area contributed by atoms with Gasteiger partial charge in [0.15, 0.2) is 5.65 Å². The van der Waals surface area contributed by atoms with Crippen LogP contribution >= 0.6 is 0 Å². The van der Waals surface area contributed by atoms with Crippen LogP contribution in [0.4, 0.5) is 5.82 Å². The normalized spacial score (nSPS) is 16.6. The van der Waals surface area contributed by atoms with E-state index in [9.17, 15) is 10.1 Å². The van der Waals surface area contributed by atoms with Gasteiger partial charge in [-0.15, -0.1) is 0 Å². The van der Waals surface area contributed by atoms with Crippen molar-refractivity contribution in [2.24, 2.45) is 11.3 Å². The lowest BCUT2D eigenvalue weighted by Crippen LogP contribution is -2.44. The highest BCUT2D eigenvalue weighted by atomic mass is 16.5. The number of nitrogen functional groups attached to an aromatic ring is 1. The molecule has 1 amide bonds. The van der Waals surface area contributed by atoms with Gasteiger partial charge in [0.05, 0.1) is 17.5 Å². The molecule has 3 heterocycles. The number of likely N-dealkylation sites (tertiary alicyclic amines) is 1. The van der Waals surface area contributed by atoms with Gasteiger partial charge in [0, 0.05) is 18.7 Å². The van der Waals surface area contributed by atoms with Crippen molar-refractivity contribution >= 4 is 22.8 Å². The third kappa shape index (κ3) is 5.70. The Kier molecular flexibility index (Phi) is 7.20. The Morgan fingerprint density at radius 1 is 1.13 bits per heavy atom. The fourth-order valence-corrected chi connectivity index (χ4v) is 5.13. The quantitative estimate of drug-likeness (QED) is 0.348. The highest BCUT2D eigenvalue weighted by molar-refractivity contribution is 5.98. The molecule has 9 nitrogen and oxygen atoms in total. The number of piperidine rings is 1. The van der Waals surface area contributed by atoms with Crippen molar-refractivity contribution in [3.05, 3.63) is 60.9 Å². The first-order valence-electron chi connectivity index (χ1n) is 13.2. The van der Waals surface area contributed by atoms with Gasteiger partial charge < -0.3 is 15.4 Å². The summed E-state index contributed by atoms with van der Waals surface area (Å²) in [7, 11) is 0. The molecule has 0 radical (unpaired) electrons. The zero-order valence-electron chi connectivity index (χ0n) is 22.5. The molecule has 4 aromatic rings. The number of carbonyl (C=O) groups excluding carboxylic acids is 1. The van der Waals surface area contributed by atoms with Crippen molar-refractivity contribution in [3.8, 4) is 28.8 Å². The molecule has 1 aliphatic heterocycles. The molecule has 0 bridgehead atoms. The van der Waals surface area contributed by atoms with Crippen LogP contribution in [0.15, 0.2) is 60.9 Å². The van der Waals surface area contributed by atoms with Crippen molar-refractivity contribution in [2.45, 2.75) is 46.1 Å². The van der Waals surface area contributed by atoms with Crippen LogP contribution in [0, 0.1) is 22.7 Å². The zero-order valence-corrected chi connectivity index (χ0v) is 22.5. The maximum absolute atomic E-state index is 13.3. The molecule has 5 rings (SSSR count). The van der Waals surface area contributed by atoms with E-state index < -0.39 is 5.92 Å². The monoisotopic (exact) mass is 523 g/mol. The van der Waals surface area contributed by atoms with E-state index >= 15 is 0 Å². The summed E-state index contributed by atoms with van der Waals surface area (Å²) in [6, 6.07) is 19.4. The van der Waals surface area contributed by atoms with Crippen molar-refractivity contribution in [1.29, 1.82) is 5.26 Å². The molecular weight excluding hydrogens is 490 g/mol. The fourth-order valence-electron chi connectivity index (χ4n) is 5.13. The molecule has 1 saturated heterocycles. The van der Waals surface area contributed by atoms with Gasteiger partial charge in [-0.1, -0.05) is 39.0 Å². The van der Waals surface area contributed by atoms with Gasteiger partial charge in [-0.2, -0.15) is 10.4 Å². The van der Waals surface area contributed by atoms with E-state index in [1.807, 2.05) is 80.1 Å². The Balaban J connectivity index is 1.43. The standard InChI is InChI=1S/C30H33N7O2/c1-30(2,3)16-21(17-31)29(38)36-15-7-8-22(18-36)37-28-25(27(32)33-19-34-28)26(35-37)20-11-13-24(14-12-20)39-23-9-5-4-6-10-23/h4-6,9-14,19,21-22H,7-8,15-16,18H2,1-3H3,(H2,32,33,34)/t21-,22-/m1/s1. The van der Waals surface area contributed by atoms with Crippen LogP contribution in [-0.2, 0) is 4.79 Å². The van der Waals surface area contributed by atoms with Crippen LogP contribution < -0.4 is 10.5 Å². The van der Waals surface area contributed by atoms with E-state index in [-0.39, 0.29) is 17.4 Å². The number of ether oxygens (including phenoxy) is 1. The number of carbonyl (C=O) groups is 1. The molecule has 200 valence electrons. The number of nitrogens with two attached hydrogens (primary N) is 1. The molecule has 39 heavy (non-hydrogen) atoms. The Morgan fingerprint density at radius 3 is 2.54 bits per heavy atom. The topological polar surface area (TPSA) is 123 Å². The van der Waals surface area contributed by atoms with Gasteiger partial charge in [0.25, 0.3) is 0 Å². The Labute approximate surface area is 228 Å². The summed E-state index contributed by atoms with van der Waals surface area (Å²) in [6.07, 6.45) is 3.61. The number of hydrogen-bond donors (Lipinski definition) is 1. The molecule has 0 aliphatic carbocycles. The number of amides is 1. The second-order valence-electron chi connectivity index (χ2n) is 11.2. The van der Waals surface area contributed by atoms with Gasteiger partial charge in [-0.05, 0) is 61.1 Å². The van der Waals surface area contributed by atoms with Gasteiger partial charge in [0.2, 0.25) is 5.91 Å². The number of anilines is 1. The summed E-state index contributed by atoms with van der Waals surface area (Å²) >= 11 is 0. The lowest BCUT2D eigenvalue weighted by Gasteiger charge is -2.35. The second kappa shape index (κ2) is 10.7. The molecule has 1 fully saturated rings. The van der Waals surface area contributed by atoms with Crippen LogP contribution in [0.2, 0.25) is 0 Å². The number of benzene rings is 2. The lowest BCUT2D eigenvalue weighted by atomic mass is 9.84. The van der Waals surface area contributed by atoms with E-state index in [2.05, 4.69) is 16.0 Å². The summed E-state index contributed by atoms with van der Waals surface area (Å²) in [4.78, 5) is 23.9. The van der Waals surface area contributed by atoms with Crippen molar-refractivity contribution in [1.82, 2.24) is 24.6 Å². The molecule has 1 aliphatic rings. The van der Waals surface area contributed by atoms with Crippen LogP contribution in [0.5, 0.6) is 11.5 Å². The molecular formula is C30H33N7O2. The number of nitrogens with zero attached hydrogens (tertiary/aromatic N) is 6. The molecule has 9 heteroatoms. The van der Waals surface area contributed by atoms with Gasteiger partial charge in [-0.25, -0.2) is 14.6 Å². The third-order valence-electron chi connectivity index (χ3n) is 6.95. The number of para-hydroxylation sites is 1. The van der Waals surface area contributed by atoms with Crippen molar-refractivity contribution in [3.63, 3.8) is 0 Å². The van der Waals surface area contributed by atoms with E-state index in [1.54, 1.807) is 4.90 Å². The van der Waals surface area contributed by atoms with Crippen LogP contribution in [-0.4, -0.2) is 43.6 Å². The first kappa shape index (κ1) is 26.2. The molecule has 0 saturated carbocycles. The summed E-state index contributed by atoms with van der Waals surface area (Å²) in [6.45, 7) is 7.23. The fraction of sp³-hybridized carbons (Fsp3) is 0.367. The minimum absolute atomic E-state index is 0.0945. The molecule has 2 aromatic heterocycles. The zero-order chi connectivity index (χ0) is 27.6. The highest BCUT2D eigenvalue weighted by Crippen LogP contribution is 2.35. The molecule has 2 N–H and O–H groups in total. The molecule has 2 aromatic carbocycles. The summed E-state index contributed by atoms with van der Waals surface area (Å²) in [5.41, 5.74) is 8.39. The van der Waals surface area contributed by atoms with E-state index in [1.165, 1.54) is 6.33 Å². The third-order valence-corrected chi connectivity index (χ3v) is 6.95. The molecule has 0 unspecified atom stereocenters. The number of hydrogen-bond acceptors (Lipinski definition) is 7. The molecule has 2 atom stereocenters. The van der Waals surface area contributed by atoms with E-state index in [0.29, 0.717) is 47.8 Å². The van der Waals surface area contributed by atoms with Gasteiger partial charge >= 0.3 is 0 Å². The summed E-state index contributed by atoms with van der Waals surface area (Å²) in [5.74, 6) is 1.04. The highest BCUT2D eigenvalue weighted by Gasteiger charge is 2.33. The SMILES string of the molecule is CC(C)(C)C[C@H](C#N)C(=O)N1CCC[C@@H](n2nc(-c3ccc(Oc4ccccc4)cc3)c3c(N)ncnc32)C1. The Bertz CT molecular complexity index is 1500. The molecule has 0 spiro atoms. The second-order valence-corrected chi connectivity index (χ2v) is 11.2. The Morgan fingerprint density at radius 2 is 1.85 bits per heavy atom. The van der Waals surface area contributed by atoms with Crippen LogP contribution in [0.25, 0.3) is 22.3 Å². The smallest absolute Gasteiger partial charge is 0.240 e. The van der Waals surface area contributed by atoms with Crippen molar-refractivity contribution < 1.29 is 9.53 Å². The number of fused-ring (bicyclic) bond motifs is 1. The van der Waals surface area contributed by atoms with Crippen molar-refractivity contribution in [2.75, 3.05) is 18.8 Å². The Hall–Kier alpha value is -4.45. The van der Waals surface area contributed by atoms with E-state index in [4.69, 9.17) is 15.6 Å². The summed E-state index contributed by atoms with van der Waals surface area (Å²) in [5, 5.41) is 15.4. The number of rotatable bonds is 6. The lowest BCUT2D eigenvalue weighted by molar-refractivity contribution is -0.136. The van der Waals surface area contributed by atoms with Gasteiger partial charge in [0.1, 0.15) is 35.3 Å². The predicted molar refractivity (Wildman–Crippen MR) is 150 cm³/mol. The van der Waals surface area contributed by atoms with Gasteiger partial charge in [-0.3, -0.25) is 4.79 Å². The minimum atomic E-state index is -0.664. The summed E-state index contributed by atoms with van der Waals surface area (Å²) < 4.78 is 7.81. The first-order valence-corrected chi connectivity index (χ1v) is 13.2. The average molecular weight is 524 g/mol. The maximum Gasteiger partial charge on any atom is 0.240 e.